The third-order valence-corrected chi connectivity index (χ3v) is 4.97. The zero-order chi connectivity index (χ0) is 20.9. The zero-order valence-corrected chi connectivity index (χ0v) is 14.5. The van der Waals surface area contributed by atoms with E-state index in [1.54, 1.807) is 0 Å². The highest BCUT2D eigenvalue weighted by atomic mass is 32.2. The van der Waals surface area contributed by atoms with Crippen molar-refractivity contribution < 1.29 is 38.9 Å². The van der Waals surface area contributed by atoms with Gasteiger partial charge in [0, 0.05) is 11.1 Å². The van der Waals surface area contributed by atoms with Crippen LogP contribution in [0.25, 0.3) is 5.69 Å². The maximum absolute atomic E-state index is 12.7. The Balaban J connectivity index is 2.13. The number of nitrogens with zero attached hydrogens (tertiary/aromatic N) is 2. The molecule has 0 aliphatic heterocycles. The third-order valence-electron chi connectivity index (χ3n) is 4.03. The summed E-state index contributed by atoms with van der Waals surface area (Å²) >= 11 is 0. The van der Waals surface area contributed by atoms with Crippen molar-refractivity contribution in [2.45, 2.75) is 30.9 Å². The van der Waals surface area contributed by atoms with Gasteiger partial charge in [-0.05, 0) is 43.5 Å². The van der Waals surface area contributed by atoms with Crippen molar-refractivity contribution >= 4 is 10.1 Å². The average molecular weight is 428 g/mol. The largest absolute Gasteiger partial charge is 0.534 e. The summed E-state index contributed by atoms with van der Waals surface area (Å²) in [5, 5.41) is 3.53. The first-order valence-corrected chi connectivity index (χ1v) is 9.05. The molecule has 13 heteroatoms. The highest BCUT2D eigenvalue weighted by Gasteiger charge is 2.49. The summed E-state index contributed by atoms with van der Waals surface area (Å²) in [6, 6.07) is 3.09. The topological polar surface area (TPSA) is 78.3 Å². The predicted octanol–water partition coefficient (Wildman–Crippen LogP) is 2.97. The summed E-state index contributed by atoms with van der Waals surface area (Å²) in [6.45, 7) is 0. The summed E-state index contributed by atoms with van der Waals surface area (Å²) < 4.78 is 103. The van der Waals surface area contributed by atoms with Crippen molar-refractivity contribution in [3.8, 4) is 11.6 Å². The molecule has 1 heterocycles. The van der Waals surface area contributed by atoms with Crippen molar-refractivity contribution in [3.05, 3.63) is 51.3 Å². The van der Waals surface area contributed by atoms with Gasteiger partial charge in [0.1, 0.15) is 0 Å². The van der Waals surface area contributed by atoms with Crippen LogP contribution in [0.1, 0.15) is 23.1 Å². The Kier molecular flexibility index (Phi) is 4.68. The van der Waals surface area contributed by atoms with E-state index in [0.29, 0.717) is 23.2 Å². The molecular formula is C15H10F6N2O4S. The minimum atomic E-state index is -6.04. The lowest BCUT2D eigenvalue weighted by atomic mass is 10.2. The lowest BCUT2D eigenvalue weighted by Crippen LogP contribution is -2.31. The Labute approximate surface area is 153 Å². The van der Waals surface area contributed by atoms with E-state index in [2.05, 4.69) is 9.28 Å². The smallest absolute Gasteiger partial charge is 0.353 e. The van der Waals surface area contributed by atoms with Gasteiger partial charge in [-0.15, -0.1) is 5.10 Å². The number of hydrogen-bond acceptors (Lipinski definition) is 5. The number of benzene rings is 1. The van der Waals surface area contributed by atoms with Crippen LogP contribution >= 0.6 is 0 Å². The van der Waals surface area contributed by atoms with Gasteiger partial charge in [0.2, 0.25) is 0 Å². The first kappa shape index (κ1) is 20.2. The van der Waals surface area contributed by atoms with E-state index >= 15 is 0 Å². The van der Waals surface area contributed by atoms with Gasteiger partial charge in [-0.25, -0.2) is 0 Å². The minimum Gasteiger partial charge on any atom is -0.353 e. The summed E-state index contributed by atoms with van der Waals surface area (Å²) in [4.78, 5) is 12.5. The Morgan fingerprint density at radius 2 is 1.54 bits per heavy atom. The Hall–Kier alpha value is -2.57. The number of alkyl halides is 6. The van der Waals surface area contributed by atoms with Gasteiger partial charge in [-0.1, -0.05) is 0 Å². The van der Waals surface area contributed by atoms with Crippen molar-refractivity contribution in [1.29, 1.82) is 0 Å². The first-order valence-electron chi connectivity index (χ1n) is 7.65. The molecule has 2 aromatic rings. The van der Waals surface area contributed by atoms with Crippen LogP contribution in [0.5, 0.6) is 5.88 Å². The molecular weight excluding hydrogens is 418 g/mol. The molecule has 1 aliphatic rings. The fourth-order valence-electron chi connectivity index (χ4n) is 2.72. The maximum atomic E-state index is 12.7. The van der Waals surface area contributed by atoms with Crippen molar-refractivity contribution in [3.63, 3.8) is 0 Å². The van der Waals surface area contributed by atoms with Crippen molar-refractivity contribution in [2.24, 2.45) is 0 Å². The Morgan fingerprint density at radius 3 is 2.07 bits per heavy atom. The van der Waals surface area contributed by atoms with Crippen molar-refractivity contribution in [2.75, 3.05) is 0 Å². The molecule has 0 atom stereocenters. The standard InChI is InChI=1S/C15H10F6N2O4S/c16-14(17,18)8-4-6-9(7-5-8)23-13(24)11-3-1-2-10(11)12(22-23)27-28(25,26)15(19,20)21/h4-7H,1-3H2. The molecule has 1 aromatic heterocycles. The van der Waals surface area contributed by atoms with Crippen LogP contribution in [0, 0.1) is 0 Å². The number of rotatable bonds is 3. The summed E-state index contributed by atoms with van der Waals surface area (Å²) in [7, 11) is -6.04. The fraction of sp³-hybridized carbons (Fsp3) is 0.333. The van der Waals surface area contributed by atoms with Crippen LogP contribution in [0.4, 0.5) is 26.3 Å². The normalized spacial score (nSPS) is 14.8. The number of aromatic nitrogens is 2. The van der Waals surface area contributed by atoms with Crippen LogP contribution in [0.15, 0.2) is 29.1 Å². The molecule has 0 saturated carbocycles. The van der Waals surface area contributed by atoms with E-state index in [1.807, 2.05) is 0 Å². The lowest BCUT2D eigenvalue weighted by molar-refractivity contribution is -0.137. The van der Waals surface area contributed by atoms with Gasteiger partial charge >= 0.3 is 21.8 Å². The molecule has 0 fully saturated rings. The molecule has 0 radical (unpaired) electrons. The number of hydrogen-bond donors (Lipinski definition) is 0. The van der Waals surface area contributed by atoms with E-state index < -0.39 is 38.8 Å². The third kappa shape index (κ3) is 3.57. The van der Waals surface area contributed by atoms with Crippen LogP contribution in [0.2, 0.25) is 0 Å². The molecule has 0 unspecified atom stereocenters. The van der Waals surface area contributed by atoms with Gasteiger partial charge in [0.05, 0.1) is 11.3 Å². The van der Waals surface area contributed by atoms with E-state index in [0.717, 1.165) is 12.1 Å². The minimum absolute atomic E-state index is 0.00210. The molecule has 1 aromatic carbocycles. The maximum Gasteiger partial charge on any atom is 0.534 e. The monoisotopic (exact) mass is 428 g/mol. The van der Waals surface area contributed by atoms with Gasteiger partial charge in [-0.2, -0.15) is 39.4 Å². The average Bonchev–Trinajstić information content (AvgIpc) is 3.06. The van der Waals surface area contributed by atoms with E-state index in [-0.39, 0.29) is 29.7 Å². The predicted molar refractivity (Wildman–Crippen MR) is 82.5 cm³/mol. The summed E-state index contributed by atoms with van der Waals surface area (Å²) in [5.74, 6) is -0.927. The van der Waals surface area contributed by atoms with Crippen molar-refractivity contribution in [1.82, 2.24) is 9.78 Å². The van der Waals surface area contributed by atoms with Crippen LogP contribution in [-0.2, 0) is 29.1 Å². The lowest BCUT2D eigenvalue weighted by Gasteiger charge is -2.14. The van der Waals surface area contributed by atoms with Gasteiger partial charge < -0.3 is 4.18 Å². The highest BCUT2D eigenvalue weighted by molar-refractivity contribution is 7.87. The van der Waals surface area contributed by atoms with Gasteiger partial charge in [0.25, 0.3) is 11.4 Å². The molecule has 28 heavy (non-hydrogen) atoms. The fourth-order valence-corrected chi connectivity index (χ4v) is 3.16. The second kappa shape index (κ2) is 6.50. The number of fused-ring (bicyclic) bond motifs is 1. The van der Waals surface area contributed by atoms with E-state index in [1.165, 1.54) is 0 Å². The molecule has 1 aliphatic carbocycles. The molecule has 6 nitrogen and oxygen atoms in total. The molecule has 0 bridgehead atoms. The van der Waals surface area contributed by atoms with Crippen LogP contribution in [-0.4, -0.2) is 23.7 Å². The van der Waals surface area contributed by atoms with Crippen LogP contribution in [0.3, 0.4) is 0 Å². The second-order valence-electron chi connectivity index (χ2n) is 5.86. The summed E-state index contributed by atoms with van der Waals surface area (Å²) in [6.07, 6.45) is -4.07. The molecule has 3 rings (SSSR count). The molecule has 0 spiro atoms. The van der Waals surface area contributed by atoms with E-state index in [4.69, 9.17) is 0 Å². The zero-order valence-electron chi connectivity index (χ0n) is 13.6. The second-order valence-corrected chi connectivity index (χ2v) is 7.40. The molecule has 152 valence electrons. The van der Waals surface area contributed by atoms with E-state index in [9.17, 15) is 39.6 Å². The Morgan fingerprint density at radius 1 is 0.964 bits per heavy atom. The highest BCUT2D eigenvalue weighted by Crippen LogP contribution is 2.33. The first-order chi connectivity index (χ1) is 12.8. The Bertz CT molecular complexity index is 1070. The van der Waals surface area contributed by atoms with Gasteiger partial charge in [-0.3, -0.25) is 4.79 Å². The SMILES string of the molecule is O=c1c2c(c(OS(=O)(=O)C(F)(F)F)nn1-c1ccc(C(F)(F)F)cc1)CCC2. The molecule has 0 saturated heterocycles. The quantitative estimate of drug-likeness (QED) is 0.427. The number of halogens is 6. The van der Waals surface area contributed by atoms with Gasteiger partial charge in [0.15, 0.2) is 0 Å². The molecule has 0 amide bonds. The van der Waals surface area contributed by atoms with Crippen LogP contribution < -0.4 is 9.74 Å². The summed E-state index contributed by atoms with van der Waals surface area (Å²) in [5.41, 5.74) is -7.76. The molecule has 0 N–H and O–H groups in total.